The van der Waals surface area contributed by atoms with E-state index in [4.69, 9.17) is 17.0 Å². The SMILES string of the molecule is COc1ccc(Cc2n[nH]c(=S)n(-c3ccccc3)c2=O)cc1. The van der Waals surface area contributed by atoms with E-state index in [2.05, 4.69) is 10.2 Å². The number of methoxy groups -OCH3 is 1. The van der Waals surface area contributed by atoms with Crippen LogP contribution < -0.4 is 10.3 Å². The molecule has 3 rings (SSSR count). The fourth-order valence-corrected chi connectivity index (χ4v) is 2.53. The van der Waals surface area contributed by atoms with Gasteiger partial charge in [-0.15, -0.1) is 0 Å². The lowest BCUT2D eigenvalue weighted by Crippen LogP contribution is -2.26. The van der Waals surface area contributed by atoms with E-state index in [-0.39, 0.29) is 10.3 Å². The molecule has 0 spiro atoms. The minimum atomic E-state index is -0.212. The Morgan fingerprint density at radius 3 is 2.48 bits per heavy atom. The third kappa shape index (κ3) is 3.22. The summed E-state index contributed by atoms with van der Waals surface area (Å²) < 4.78 is 6.87. The first kappa shape index (κ1) is 15.2. The van der Waals surface area contributed by atoms with Crippen LogP contribution in [0.5, 0.6) is 5.75 Å². The molecule has 0 aliphatic rings. The molecule has 116 valence electrons. The fraction of sp³-hybridized carbons (Fsp3) is 0.118. The van der Waals surface area contributed by atoms with Crippen LogP contribution in [0.3, 0.4) is 0 Å². The molecule has 23 heavy (non-hydrogen) atoms. The number of aromatic amines is 1. The zero-order chi connectivity index (χ0) is 16.2. The van der Waals surface area contributed by atoms with Crippen molar-refractivity contribution >= 4 is 12.2 Å². The Hall–Kier alpha value is -2.73. The number of nitrogens with zero attached hydrogens (tertiary/aromatic N) is 2. The van der Waals surface area contributed by atoms with E-state index in [1.165, 1.54) is 4.57 Å². The van der Waals surface area contributed by atoms with E-state index in [9.17, 15) is 4.79 Å². The molecule has 0 unspecified atom stereocenters. The molecule has 0 aliphatic heterocycles. The summed E-state index contributed by atoms with van der Waals surface area (Å²) >= 11 is 5.21. The highest BCUT2D eigenvalue weighted by Gasteiger charge is 2.10. The lowest BCUT2D eigenvalue weighted by Gasteiger charge is -2.08. The summed E-state index contributed by atoms with van der Waals surface area (Å²) in [7, 11) is 1.62. The van der Waals surface area contributed by atoms with Gasteiger partial charge in [0.05, 0.1) is 12.8 Å². The maximum Gasteiger partial charge on any atom is 0.281 e. The maximum atomic E-state index is 12.7. The number of H-pyrrole nitrogens is 1. The van der Waals surface area contributed by atoms with Crippen LogP contribution in [0, 0.1) is 4.77 Å². The van der Waals surface area contributed by atoms with E-state index in [1.54, 1.807) is 7.11 Å². The second kappa shape index (κ2) is 6.58. The van der Waals surface area contributed by atoms with E-state index in [1.807, 2.05) is 54.6 Å². The molecule has 1 heterocycles. The highest BCUT2D eigenvalue weighted by Crippen LogP contribution is 2.13. The number of rotatable bonds is 4. The summed E-state index contributed by atoms with van der Waals surface area (Å²) in [5.74, 6) is 0.774. The zero-order valence-electron chi connectivity index (χ0n) is 12.5. The molecule has 2 aromatic carbocycles. The fourth-order valence-electron chi connectivity index (χ4n) is 2.30. The average molecular weight is 325 g/mol. The maximum absolute atomic E-state index is 12.7. The molecule has 0 fully saturated rings. The zero-order valence-corrected chi connectivity index (χ0v) is 13.3. The first-order valence-corrected chi connectivity index (χ1v) is 7.49. The van der Waals surface area contributed by atoms with Crippen LogP contribution in [-0.4, -0.2) is 21.9 Å². The van der Waals surface area contributed by atoms with Gasteiger partial charge in [-0.3, -0.25) is 14.5 Å². The number of benzene rings is 2. The predicted molar refractivity (Wildman–Crippen MR) is 90.8 cm³/mol. The number of para-hydroxylation sites is 1. The van der Waals surface area contributed by atoms with Gasteiger partial charge >= 0.3 is 0 Å². The van der Waals surface area contributed by atoms with E-state index >= 15 is 0 Å². The molecule has 0 bridgehead atoms. The second-order valence-corrected chi connectivity index (χ2v) is 5.36. The monoisotopic (exact) mass is 325 g/mol. The van der Waals surface area contributed by atoms with Gasteiger partial charge in [-0.1, -0.05) is 30.3 Å². The minimum Gasteiger partial charge on any atom is -0.497 e. The van der Waals surface area contributed by atoms with Crippen molar-refractivity contribution in [2.75, 3.05) is 7.11 Å². The molecule has 1 aromatic heterocycles. The van der Waals surface area contributed by atoms with Crippen molar-refractivity contribution in [2.24, 2.45) is 0 Å². The van der Waals surface area contributed by atoms with E-state index < -0.39 is 0 Å². The molecule has 1 N–H and O–H groups in total. The van der Waals surface area contributed by atoms with E-state index in [0.29, 0.717) is 12.1 Å². The minimum absolute atomic E-state index is 0.212. The van der Waals surface area contributed by atoms with Crippen LogP contribution >= 0.6 is 12.2 Å². The van der Waals surface area contributed by atoms with Crippen LogP contribution in [0.25, 0.3) is 5.69 Å². The molecule has 0 atom stereocenters. The molecule has 5 nitrogen and oxygen atoms in total. The van der Waals surface area contributed by atoms with Crippen LogP contribution in [0.2, 0.25) is 0 Å². The summed E-state index contributed by atoms with van der Waals surface area (Å²) in [6.45, 7) is 0. The van der Waals surface area contributed by atoms with Gasteiger partial charge in [0.25, 0.3) is 5.56 Å². The molecule has 0 amide bonds. The van der Waals surface area contributed by atoms with Crippen molar-refractivity contribution in [3.8, 4) is 11.4 Å². The second-order valence-electron chi connectivity index (χ2n) is 4.98. The van der Waals surface area contributed by atoms with Gasteiger partial charge in [0.2, 0.25) is 4.77 Å². The van der Waals surface area contributed by atoms with Gasteiger partial charge in [0, 0.05) is 6.42 Å². The highest BCUT2D eigenvalue weighted by molar-refractivity contribution is 7.71. The van der Waals surface area contributed by atoms with Crippen LogP contribution in [0.15, 0.2) is 59.4 Å². The summed E-state index contributed by atoms with van der Waals surface area (Å²) in [4.78, 5) is 12.7. The molecule has 0 radical (unpaired) electrons. The van der Waals surface area contributed by atoms with Crippen molar-refractivity contribution < 1.29 is 4.74 Å². The van der Waals surface area contributed by atoms with Gasteiger partial charge in [-0.2, -0.15) is 5.10 Å². The highest BCUT2D eigenvalue weighted by atomic mass is 32.1. The molecule has 0 saturated carbocycles. The Bertz CT molecular complexity index is 915. The van der Waals surface area contributed by atoms with Crippen molar-refractivity contribution in [1.29, 1.82) is 0 Å². The van der Waals surface area contributed by atoms with Gasteiger partial charge in [-0.25, -0.2) is 0 Å². The van der Waals surface area contributed by atoms with Crippen LogP contribution in [0.4, 0.5) is 0 Å². The third-order valence-electron chi connectivity index (χ3n) is 3.48. The Morgan fingerprint density at radius 2 is 1.83 bits per heavy atom. The number of hydrogen-bond donors (Lipinski definition) is 1. The van der Waals surface area contributed by atoms with Gasteiger partial charge in [-0.05, 0) is 42.0 Å². The quantitative estimate of drug-likeness (QED) is 0.749. The largest absolute Gasteiger partial charge is 0.497 e. The molecule has 6 heteroatoms. The Balaban J connectivity index is 2.01. The van der Waals surface area contributed by atoms with Crippen LogP contribution in [0.1, 0.15) is 11.3 Å². The van der Waals surface area contributed by atoms with Crippen molar-refractivity contribution in [3.05, 3.63) is 81.0 Å². The molecular formula is C17H15N3O2S. The molecular weight excluding hydrogens is 310 g/mol. The summed E-state index contributed by atoms with van der Waals surface area (Å²) in [6.07, 6.45) is 0.418. The van der Waals surface area contributed by atoms with Crippen molar-refractivity contribution in [1.82, 2.24) is 14.8 Å². The lowest BCUT2D eigenvalue weighted by atomic mass is 10.1. The van der Waals surface area contributed by atoms with Gasteiger partial charge in [0.15, 0.2) is 0 Å². The molecule has 0 aliphatic carbocycles. The summed E-state index contributed by atoms with van der Waals surface area (Å²) in [5, 5.41) is 6.86. The Kier molecular flexibility index (Phi) is 4.34. The first-order valence-electron chi connectivity index (χ1n) is 7.08. The van der Waals surface area contributed by atoms with Crippen LogP contribution in [-0.2, 0) is 6.42 Å². The van der Waals surface area contributed by atoms with Crippen molar-refractivity contribution in [3.63, 3.8) is 0 Å². The van der Waals surface area contributed by atoms with Gasteiger partial charge in [0.1, 0.15) is 11.4 Å². The molecule has 0 saturated heterocycles. The Labute approximate surface area is 138 Å². The topological polar surface area (TPSA) is 59.9 Å². The van der Waals surface area contributed by atoms with E-state index in [0.717, 1.165) is 17.0 Å². The molecule has 3 aromatic rings. The number of ether oxygens (including phenoxy) is 1. The smallest absolute Gasteiger partial charge is 0.281 e. The van der Waals surface area contributed by atoms with Gasteiger partial charge < -0.3 is 4.74 Å². The number of hydrogen-bond acceptors (Lipinski definition) is 4. The standard InChI is InChI=1S/C17H15N3O2S/c1-22-14-9-7-12(8-10-14)11-15-16(21)20(17(23)19-18-15)13-5-3-2-4-6-13/h2-10H,11H2,1H3,(H,19,23). The lowest BCUT2D eigenvalue weighted by molar-refractivity contribution is 0.414. The predicted octanol–water partition coefficient (Wildman–Crippen LogP) is 2.89. The average Bonchev–Trinajstić information content (AvgIpc) is 2.59. The Morgan fingerprint density at radius 1 is 1.13 bits per heavy atom. The summed E-state index contributed by atoms with van der Waals surface area (Å²) in [5.41, 5.74) is 1.89. The number of nitrogens with one attached hydrogen (secondary N) is 1. The van der Waals surface area contributed by atoms with Crippen molar-refractivity contribution in [2.45, 2.75) is 6.42 Å². The third-order valence-corrected chi connectivity index (χ3v) is 3.76. The number of aromatic nitrogens is 3. The summed E-state index contributed by atoms with van der Waals surface area (Å²) in [6, 6.07) is 16.8. The normalized spacial score (nSPS) is 10.5. The first-order chi connectivity index (χ1) is 11.2.